The first-order chi connectivity index (χ1) is 8.47. The van der Waals surface area contributed by atoms with E-state index in [4.69, 9.17) is 11.6 Å². The summed E-state index contributed by atoms with van der Waals surface area (Å²) in [7, 11) is -1.02. The van der Waals surface area contributed by atoms with Crippen molar-refractivity contribution in [1.82, 2.24) is 0 Å². The molecule has 0 amide bonds. The second-order valence-corrected chi connectivity index (χ2v) is 5.64. The highest BCUT2D eigenvalue weighted by atomic mass is 35.5. The van der Waals surface area contributed by atoms with E-state index in [1.165, 1.54) is 0 Å². The van der Waals surface area contributed by atoms with E-state index in [0.29, 0.717) is 11.5 Å². The van der Waals surface area contributed by atoms with Gasteiger partial charge in [-0.15, -0.1) is 0 Å². The third kappa shape index (κ3) is 3.64. The van der Waals surface area contributed by atoms with Gasteiger partial charge in [-0.05, 0) is 6.07 Å². The van der Waals surface area contributed by atoms with Crippen LogP contribution in [0.3, 0.4) is 0 Å². The SMILES string of the molecule is CCS(=O)CCNc1c([N+](=O)[O-])ccc(Cl)c1F. The fourth-order valence-electron chi connectivity index (χ4n) is 1.29. The minimum absolute atomic E-state index is 0.179. The molecule has 1 N–H and O–H groups in total. The van der Waals surface area contributed by atoms with Gasteiger partial charge in [0.2, 0.25) is 0 Å². The number of rotatable bonds is 6. The van der Waals surface area contributed by atoms with Gasteiger partial charge in [-0.3, -0.25) is 14.3 Å². The Morgan fingerprint density at radius 2 is 2.22 bits per heavy atom. The molecule has 1 atom stereocenters. The Kier molecular flexibility index (Phi) is 5.49. The van der Waals surface area contributed by atoms with Gasteiger partial charge in [0.25, 0.3) is 5.69 Å². The van der Waals surface area contributed by atoms with Gasteiger partial charge < -0.3 is 5.32 Å². The first kappa shape index (κ1) is 14.8. The molecule has 0 spiro atoms. The quantitative estimate of drug-likeness (QED) is 0.646. The van der Waals surface area contributed by atoms with Gasteiger partial charge in [0, 0.05) is 34.9 Å². The lowest BCUT2D eigenvalue weighted by Gasteiger charge is -2.08. The molecule has 0 radical (unpaired) electrons. The van der Waals surface area contributed by atoms with Crippen LogP contribution in [0.2, 0.25) is 5.02 Å². The monoisotopic (exact) mass is 294 g/mol. The molecule has 0 bridgehead atoms. The van der Waals surface area contributed by atoms with Crippen LogP contribution in [0, 0.1) is 15.9 Å². The molecule has 8 heteroatoms. The Morgan fingerprint density at radius 3 is 2.78 bits per heavy atom. The molecule has 1 unspecified atom stereocenters. The molecule has 100 valence electrons. The van der Waals surface area contributed by atoms with Crippen LogP contribution in [0.4, 0.5) is 15.8 Å². The Balaban J connectivity index is 2.89. The van der Waals surface area contributed by atoms with Crippen LogP contribution in [0.15, 0.2) is 12.1 Å². The maximum Gasteiger partial charge on any atom is 0.295 e. The molecule has 1 rings (SSSR count). The molecule has 1 aromatic carbocycles. The van der Waals surface area contributed by atoms with Crippen LogP contribution < -0.4 is 5.32 Å². The van der Waals surface area contributed by atoms with Crippen LogP contribution in [0.1, 0.15) is 6.92 Å². The van der Waals surface area contributed by atoms with Crippen molar-refractivity contribution in [2.75, 3.05) is 23.4 Å². The number of hydrogen-bond acceptors (Lipinski definition) is 4. The summed E-state index contributed by atoms with van der Waals surface area (Å²) in [4.78, 5) is 10.0. The molecule has 0 aromatic heterocycles. The fourth-order valence-corrected chi connectivity index (χ4v) is 2.07. The molecule has 0 saturated heterocycles. The molecular weight excluding hydrogens is 283 g/mol. The lowest BCUT2D eigenvalue weighted by atomic mass is 10.2. The van der Waals surface area contributed by atoms with Crippen molar-refractivity contribution in [3.8, 4) is 0 Å². The highest BCUT2D eigenvalue weighted by molar-refractivity contribution is 7.84. The first-order valence-electron chi connectivity index (χ1n) is 5.18. The Labute approximate surface area is 111 Å². The lowest BCUT2D eigenvalue weighted by Crippen LogP contribution is -2.14. The summed E-state index contributed by atoms with van der Waals surface area (Å²) in [6, 6.07) is 2.26. The molecule has 0 aliphatic heterocycles. The van der Waals surface area contributed by atoms with E-state index in [-0.39, 0.29) is 22.9 Å². The third-order valence-electron chi connectivity index (χ3n) is 2.22. The van der Waals surface area contributed by atoms with E-state index < -0.39 is 21.5 Å². The van der Waals surface area contributed by atoms with Crippen molar-refractivity contribution in [2.45, 2.75) is 6.92 Å². The second kappa shape index (κ2) is 6.65. The van der Waals surface area contributed by atoms with Gasteiger partial charge in [0.1, 0.15) is 0 Å². The van der Waals surface area contributed by atoms with Gasteiger partial charge >= 0.3 is 0 Å². The molecule has 0 fully saturated rings. The van der Waals surface area contributed by atoms with Gasteiger partial charge in [0.15, 0.2) is 11.5 Å². The van der Waals surface area contributed by atoms with E-state index in [1.807, 2.05) is 0 Å². The number of anilines is 1. The Hall–Kier alpha value is -1.21. The van der Waals surface area contributed by atoms with Crippen LogP contribution in [0.5, 0.6) is 0 Å². The zero-order chi connectivity index (χ0) is 13.7. The minimum atomic E-state index is -1.02. The largest absolute Gasteiger partial charge is 0.376 e. The Morgan fingerprint density at radius 1 is 1.56 bits per heavy atom. The number of hydrogen-bond donors (Lipinski definition) is 1. The number of nitrogens with one attached hydrogen (secondary N) is 1. The average molecular weight is 295 g/mol. The molecule has 18 heavy (non-hydrogen) atoms. The van der Waals surface area contributed by atoms with Crippen LogP contribution in [-0.2, 0) is 10.8 Å². The fraction of sp³-hybridized carbons (Fsp3) is 0.400. The predicted octanol–water partition coefficient (Wildman–Crippen LogP) is 2.57. The van der Waals surface area contributed by atoms with Crippen LogP contribution in [-0.4, -0.2) is 27.2 Å². The van der Waals surface area contributed by atoms with E-state index in [9.17, 15) is 18.7 Å². The molecule has 5 nitrogen and oxygen atoms in total. The topological polar surface area (TPSA) is 72.2 Å². The predicted molar refractivity (Wildman–Crippen MR) is 70.1 cm³/mol. The van der Waals surface area contributed by atoms with E-state index in [1.54, 1.807) is 6.92 Å². The summed E-state index contributed by atoms with van der Waals surface area (Å²) in [5.74, 6) is -0.0883. The molecule has 1 aromatic rings. The average Bonchev–Trinajstić information content (AvgIpc) is 2.33. The summed E-state index contributed by atoms with van der Waals surface area (Å²) < 4.78 is 24.8. The maximum atomic E-state index is 13.7. The van der Waals surface area contributed by atoms with Gasteiger partial charge in [0.05, 0.1) is 9.95 Å². The summed E-state index contributed by atoms with van der Waals surface area (Å²) in [5, 5.41) is 13.1. The molecule has 0 heterocycles. The van der Waals surface area contributed by atoms with Crippen LogP contribution >= 0.6 is 11.6 Å². The van der Waals surface area contributed by atoms with Crippen molar-refractivity contribution >= 4 is 33.8 Å². The van der Waals surface area contributed by atoms with Crippen molar-refractivity contribution in [3.05, 3.63) is 33.1 Å². The summed E-state index contributed by atoms with van der Waals surface area (Å²) in [5.41, 5.74) is -0.653. The van der Waals surface area contributed by atoms with E-state index >= 15 is 0 Å². The second-order valence-electron chi connectivity index (χ2n) is 3.37. The first-order valence-corrected chi connectivity index (χ1v) is 7.05. The molecule has 0 saturated carbocycles. The summed E-state index contributed by atoms with van der Waals surface area (Å²) in [6.07, 6.45) is 0. The van der Waals surface area contributed by atoms with Crippen molar-refractivity contribution in [2.24, 2.45) is 0 Å². The van der Waals surface area contributed by atoms with Crippen molar-refractivity contribution < 1.29 is 13.5 Å². The summed E-state index contributed by atoms with van der Waals surface area (Å²) in [6.45, 7) is 1.94. The maximum absolute atomic E-state index is 13.7. The van der Waals surface area contributed by atoms with Crippen molar-refractivity contribution in [1.29, 1.82) is 0 Å². The zero-order valence-electron chi connectivity index (χ0n) is 9.61. The highest BCUT2D eigenvalue weighted by Crippen LogP contribution is 2.31. The lowest BCUT2D eigenvalue weighted by molar-refractivity contribution is -0.384. The third-order valence-corrected chi connectivity index (χ3v) is 3.82. The summed E-state index contributed by atoms with van der Waals surface area (Å²) >= 11 is 5.56. The number of benzene rings is 1. The zero-order valence-corrected chi connectivity index (χ0v) is 11.2. The van der Waals surface area contributed by atoms with Crippen molar-refractivity contribution in [3.63, 3.8) is 0 Å². The Bertz CT molecular complexity index is 484. The number of halogens is 2. The number of nitro groups is 1. The van der Waals surface area contributed by atoms with E-state index in [0.717, 1.165) is 12.1 Å². The molecule has 0 aliphatic carbocycles. The standard InChI is InChI=1S/C10H12ClFN2O3S/c1-2-18(17)6-5-13-10-8(14(15)16)4-3-7(11)9(10)12/h3-4,13H,2,5-6H2,1H3. The number of nitro benzene ring substituents is 1. The molecule has 0 aliphatic rings. The smallest absolute Gasteiger partial charge is 0.295 e. The minimum Gasteiger partial charge on any atom is -0.376 e. The molecular formula is C10H12ClFN2O3S. The highest BCUT2D eigenvalue weighted by Gasteiger charge is 2.20. The normalized spacial score (nSPS) is 12.2. The van der Waals surface area contributed by atoms with Gasteiger partial charge in [-0.1, -0.05) is 18.5 Å². The van der Waals surface area contributed by atoms with E-state index in [2.05, 4.69) is 5.32 Å². The van der Waals surface area contributed by atoms with Gasteiger partial charge in [-0.25, -0.2) is 4.39 Å². The van der Waals surface area contributed by atoms with Crippen LogP contribution in [0.25, 0.3) is 0 Å². The van der Waals surface area contributed by atoms with Gasteiger partial charge in [-0.2, -0.15) is 0 Å². The number of nitrogens with zero attached hydrogens (tertiary/aromatic N) is 1.